The van der Waals surface area contributed by atoms with Crippen LogP contribution in [0.5, 0.6) is 0 Å². The quantitative estimate of drug-likeness (QED) is 0.340. The molecule has 0 unspecified atom stereocenters. The smallest absolute Gasteiger partial charge is 0.241 e. The molecule has 0 aliphatic carbocycles. The van der Waals surface area contributed by atoms with Gasteiger partial charge < -0.3 is 10.3 Å². The Bertz CT molecular complexity index is 1340. The molecule has 0 aliphatic rings. The van der Waals surface area contributed by atoms with Crippen molar-refractivity contribution in [2.24, 2.45) is 0 Å². The number of hydrogen-bond donors (Lipinski definition) is 3. The predicted molar refractivity (Wildman–Crippen MR) is 129 cm³/mol. The van der Waals surface area contributed by atoms with E-state index in [1.54, 1.807) is 12.4 Å². The molecule has 2 heterocycles. The zero-order valence-electron chi connectivity index (χ0n) is 17.7. The third-order valence-electron chi connectivity index (χ3n) is 5.24. The summed E-state index contributed by atoms with van der Waals surface area (Å²) in [5.74, 6) is -0.409. The normalized spacial score (nSPS) is 12.5. The third-order valence-corrected chi connectivity index (χ3v) is 6.98. The maximum atomic E-state index is 13.1. The fourth-order valence-corrected chi connectivity index (χ4v) is 4.88. The monoisotopic (exact) mass is 482 g/mol. The molecule has 4 rings (SSSR count). The van der Waals surface area contributed by atoms with Crippen molar-refractivity contribution in [1.29, 1.82) is 0 Å². The van der Waals surface area contributed by atoms with E-state index in [4.69, 9.17) is 11.6 Å². The van der Waals surface area contributed by atoms with Crippen LogP contribution in [0.25, 0.3) is 10.9 Å². The molecular formula is C24H23ClN4O3S. The molecule has 0 radical (unpaired) electrons. The molecule has 2 aromatic carbocycles. The average Bonchev–Trinajstić information content (AvgIpc) is 3.22. The standard InChI is InChI=1S/C24H23ClN4O3S/c25-18-8-10-20(11-9-18)33(31,32)29-23(15-17-16-28-22-7-2-1-6-21(17)22)24(30)27-14-12-19-5-3-4-13-26-19/h1-11,13,16,23,28-29H,12,14-15H2,(H,27,30)/t23-/m1/s1. The summed E-state index contributed by atoms with van der Waals surface area (Å²) in [6.07, 6.45) is 4.22. The summed E-state index contributed by atoms with van der Waals surface area (Å²) in [7, 11) is -3.95. The van der Waals surface area contributed by atoms with Gasteiger partial charge in [-0.3, -0.25) is 9.78 Å². The molecule has 0 saturated carbocycles. The number of hydrogen-bond acceptors (Lipinski definition) is 4. The molecule has 1 atom stereocenters. The lowest BCUT2D eigenvalue weighted by molar-refractivity contribution is -0.122. The van der Waals surface area contributed by atoms with Crippen LogP contribution < -0.4 is 10.0 Å². The van der Waals surface area contributed by atoms with Crippen LogP contribution in [0.2, 0.25) is 5.02 Å². The number of pyridine rings is 1. The van der Waals surface area contributed by atoms with Gasteiger partial charge in [0.1, 0.15) is 6.04 Å². The Morgan fingerprint density at radius 2 is 1.79 bits per heavy atom. The van der Waals surface area contributed by atoms with Crippen molar-refractivity contribution < 1.29 is 13.2 Å². The van der Waals surface area contributed by atoms with Crippen molar-refractivity contribution in [2.75, 3.05) is 6.54 Å². The van der Waals surface area contributed by atoms with E-state index in [9.17, 15) is 13.2 Å². The van der Waals surface area contributed by atoms with Crippen molar-refractivity contribution in [3.05, 3.63) is 95.4 Å². The number of sulfonamides is 1. The number of H-pyrrole nitrogens is 1. The highest BCUT2D eigenvalue weighted by Crippen LogP contribution is 2.20. The van der Waals surface area contributed by atoms with Gasteiger partial charge in [-0.1, -0.05) is 35.9 Å². The number of aromatic nitrogens is 2. The molecule has 33 heavy (non-hydrogen) atoms. The molecule has 0 aliphatic heterocycles. The summed E-state index contributed by atoms with van der Waals surface area (Å²) in [6, 6.07) is 18.1. The maximum Gasteiger partial charge on any atom is 0.241 e. The molecule has 0 fully saturated rings. The highest BCUT2D eigenvalue weighted by Gasteiger charge is 2.27. The Balaban J connectivity index is 1.54. The number of carbonyl (C=O) groups excluding carboxylic acids is 1. The number of amides is 1. The van der Waals surface area contributed by atoms with Gasteiger partial charge in [0.05, 0.1) is 4.90 Å². The lowest BCUT2D eigenvalue weighted by Crippen LogP contribution is -2.48. The van der Waals surface area contributed by atoms with Crippen molar-refractivity contribution in [3.8, 4) is 0 Å². The topological polar surface area (TPSA) is 104 Å². The predicted octanol–water partition coefficient (Wildman–Crippen LogP) is 3.46. The summed E-state index contributed by atoms with van der Waals surface area (Å²) < 4.78 is 28.6. The number of rotatable bonds is 9. The van der Waals surface area contributed by atoms with E-state index in [1.165, 1.54) is 24.3 Å². The summed E-state index contributed by atoms with van der Waals surface area (Å²) in [4.78, 5) is 20.5. The number of para-hydroxylation sites is 1. The van der Waals surface area contributed by atoms with Gasteiger partial charge in [-0.15, -0.1) is 0 Å². The first-order valence-corrected chi connectivity index (χ1v) is 12.3. The first kappa shape index (κ1) is 23.0. The van der Waals surface area contributed by atoms with Crippen LogP contribution in [0.1, 0.15) is 11.3 Å². The number of carbonyl (C=O) groups is 1. The largest absolute Gasteiger partial charge is 0.361 e. The SMILES string of the molecule is O=C(NCCc1ccccn1)[C@@H](Cc1c[nH]c2ccccc12)NS(=O)(=O)c1ccc(Cl)cc1. The molecule has 9 heteroatoms. The zero-order valence-corrected chi connectivity index (χ0v) is 19.2. The van der Waals surface area contributed by atoms with Crippen LogP contribution in [0, 0.1) is 0 Å². The van der Waals surface area contributed by atoms with Gasteiger partial charge in [0.15, 0.2) is 0 Å². The lowest BCUT2D eigenvalue weighted by atomic mass is 10.1. The van der Waals surface area contributed by atoms with Gasteiger partial charge in [0.25, 0.3) is 0 Å². The molecule has 3 N–H and O–H groups in total. The summed E-state index contributed by atoms with van der Waals surface area (Å²) in [6.45, 7) is 0.336. The third kappa shape index (κ3) is 5.78. The van der Waals surface area contributed by atoms with E-state index in [2.05, 4.69) is 20.0 Å². The first-order chi connectivity index (χ1) is 15.9. The minimum absolute atomic E-state index is 0.0390. The van der Waals surface area contributed by atoms with Crippen LogP contribution in [-0.2, 0) is 27.7 Å². The average molecular weight is 483 g/mol. The Morgan fingerprint density at radius 1 is 1.03 bits per heavy atom. The van der Waals surface area contributed by atoms with Crippen LogP contribution >= 0.6 is 11.6 Å². The summed E-state index contributed by atoms with van der Waals surface area (Å²) in [5, 5.41) is 4.20. The van der Waals surface area contributed by atoms with Crippen LogP contribution in [0.15, 0.2) is 84.0 Å². The zero-order chi connectivity index (χ0) is 23.3. The Hall–Kier alpha value is -3.20. The summed E-state index contributed by atoms with van der Waals surface area (Å²) >= 11 is 5.89. The number of nitrogens with zero attached hydrogens (tertiary/aromatic N) is 1. The van der Waals surface area contributed by atoms with Gasteiger partial charge in [-0.2, -0.15) is 4.72 Å². The minimum atomic E-state index is -3.95. The van der Waals surface area contributed by atoms with Gasteiger partial charge >= 0.3 is 0 Å². The summed E-state index contributed by atoms with van der Waals surface area (Å²) in [5.41, 5.74) is 2.60. The van der Waals surface area contributed by atoms with E-state index in [0.29, 0.717) is 18.0 Å². The highest BCUT2D eigenvalue weighted by atomic mass is 35.5. The molecule has 7 nitrogen and oxygen atoms in total. The second kappa shape index (κ2) is 10.2. The van der Waals surface area contributed by atoms with Gasteiger partial charge in [0.2, 0.25) is 15.9 Å². The molecule has 0 bridgehead atoms. The molecule has 4 aromatic rings. The fourth-order valence-electron chi connectivity index (χ4n) is 3.56. The Labute approximate surface area is 197 Å². The molecular weight excluding hydrogens is 460 g/mol. The molecule has 0 saturated heterocycles. The van der Waals surface area contributed by atoms with Crippen LogP contribution in [0.3, 0.4) is 0 Å². The Kier molecular flexibility index (Phi) is 7.08. The van der Waals surface area contributed by atoms with Crippen molar-refractivity contribution >= 4 is 38.4 Å². The van der Waals surface area contributed by atoms with Crippen molar-refractivity contribution in [1.82, 2.24) is 20.0 Å². The van der Waals surface area contributed by atoms with E-state index >= 15 is 0 Å². The molecule has 2 aromatic heterocycles. The van der Waals surface area contributed by atoms with Crippen molar-refractivity contribution in [3.63, 3.8) is 0 Å². The molecule has 1 amide bonds. The maximum absolute atomic E-state index is 13.1. The number of benzene rings is 2. The van der Waals surface area contributed by atoms with Crippen LogP contribution in [0.4, 0.5) is 0 Å². The second-order valence-electron chi connectivity index (χ2n) is 7.55. The van der Waals surface area contributed by atoms with E-state index in [1.807, 2.05) is 42.5 Å². The number of nitrogens with one attached hydrogen (secondary N) is 3. The van der Waals surface area contributed by atoms with Crippen molar-refractivity contribution in [2.45, 2.75) is 23.8 Å². The van der Waals surface area contributed by atoms with E-state index < -0.39 is 22.0 Å². The van der Waals surface area contributed by atoms with Gasteiger partial charge in [0, 0.05) is 47.0 Å². The van der Waals surface area contributed by atoms with Gasteiger partial charge in [-0.05, 0) is 54.4 Å². The van der Waals surface area contributed by atoms with Gasteiger partial charge in [-0.25, -0.2) is 8.42 Å². The number of aromatic amines is 1. The second-order valence-corrected chi connectivity index (χ2v) is 9.70. The van der Waals surface area contributed by atoms with Crippen LogP contribution in [-0.4, -0.2) is 36.9 Å². The molecule has 170 valence electrons. The van der Waals surface area contributed by atoms with E-state index in [0.717, 1.165) is 22.2 Å². The lowest BCUT2D eigenvalue weighted by Gasteiger charge is -2.18. The number of halogens is 1. The van der Waals surface area contributed by atoms with E-state index in [-0.39, 0.29) is 11.3 Å². The number of fused-ring (bicyclic) bond motifs is 1. The fraction of sp³-hybridized carbons (Fsp3) is 0.167. The Morgan fingerprint density at radius 3 is 2.55 bits per heavy atom. The molecule has 0 spiro atoms. The minimum Gasteiger partial charge on any atom is -0.361 e. The highest BCUT2D eigenvalue weighted by molar-refractivity contribution is 7.89. The first-order valence-electron chi connectivity index (χ1n) is 10.4.